The normalized spacial score (nSPS) is 17.4. The third kappa shape index (κ3) is 5.24. The van der Waals surface area contributed by atoms with E-state index in [1.54, 1.807) is 20.5 Å². The summed E-state index contributed by atoms with van der Waals surface area (Å²) in [6, 6.07) is 24.9. The second-order valence-electron chi connectivity index (χ2n) is 9.53. The lowest BCUT2D eigenvalue weighted by molar-refractivity contribution is -0.134. The molecule has 0 N–H and O–H groups in total. The first-order valence-electron chi connectivity index (χ1n) is 13.0. The van der Waals surface area contributed by atoms with E-state index >= 15 is 0 Å². The van der Waals surface area contributed by atoms with Gasteiger partial charge >= 0.3 is 0 Å². The monoisotopic (exact) mass is 592 g/mol. The van der Waals surface area contributed by atoms with Crippen molar-refractivity contribution in [2.24, 2.45) is 0 Å². The van der Waals surface area contributed by atoms with Crippen LogP contribution in [0.4, 0.5) is 5.82 Å². The van der Waals surface area contributed by atoms with Crippen molar-refractivity contribution in [3.05, 3.63) is 100 Å². The van der Waals surface area contributed by atoms with Gasteiger partial charge < -0.3 is 9.64 Å². The highest BCUT2D eigenvalue weighted by atomic mass is 35.5. The van der Waals surface area contributed by atoms with Gasteiger partial charge in [-0.3, -0.25) is 14.5 Å². The lowest BCUT2D eigenvalue weighted by atomic mass is 9.99. The number of amides is 2. The first-order valence-corrected chi connectivity index (χ1v) is 14.8. The molecule has 1 atom stereocenters. The molecule has 4 aromatic rings. The van der Waals surface area contributed by atoms with E-state index in [4.69, 9.17) is 33.0 Å². The molecule has 0 radical (unpaired) electrons. The fourth-order valence-electron chi connectivity index (χ4n) is 5.10. The second-order valence-corrected chi connectivity index (χ2v) is 11.5. The van der Waals surface area contributed by atoms with Crippen molar-refractivity contribution < 1.29 is 14.3 Å². The SMILES string of the molecule is O=C(CN1C(=O)CS[C@H](c2cccc(Cl)c2)c2c(-c3ccccc3)nn(-c3ccccc3Cl)c21)N1CCOCC1. The molecule has 3 aromatic carbocycles. The van der Waals surface area contributed by atoms with Gasteiger partial charge in [0.25, 0.3) is 0 Å². The molecule has 3 heterocycles. The van der Waals surface area contributed by atoms with Crippen molar-refractivity contribution in [3.63, 3.8) is 0 Å². The van der Waals surface area contributed by atoms with Crippen LogP contribution >= 0.6 is 35.0 Å². The maximum atomic E-state index is 13.9. The van der Waals surface area contributed by atoms with E-state index in [-0.39, 0.29) is 29.4 Å². The Labute approximate surface area is 246 Å². The van der Waals surface area contributed by atoms with Crippen molar-refractivity contribution in [2.45, 2.75) is 5.25 Å². The number of thioether (sulfide) groups is 1. The van der Waals surface area contributed by atoms with Crippen LogP contribution in [0.5, 0.6) is 0 Å². The summed E-state index contributed by atoms with van der Waals surface area (Å²) in [4.78, 5) is 30.7. The Morgan fingerprint density at radius 3 is 2.48 bits per heavy atom. The largest absolute Gasteiger partial charge is 0.378 e. The van der Waals surface area contributed by atoms with Crippen LogP contribution in [0, 0.1) is 0 Å². The van der Waals surface area contributed by atoms with E-state index in [9.17, 15) is 9.59 Å². The topological polar surface area (TPSA) is 67.7 Å². The number of morpholine rings is 1. The number of anilines is 1. The summed E-state index contributed by atoms with van der Waals surface area (Å²) in [5.41, 5.74) is 4.01. The summed E-state index contributed by atoms with van der Waals surface area (Å²) in [6.07, 6.45) is 0. The minimum Gasteiger partial charge on any atom is -0.378 e. The highest BCUT2D eigenvalue weighted by molar-refractivity contribution is 8.00. The highest BCUT2D eigenvalue weighted by Crippen LogP contribution is 2.49. The van der Waals surface area contributed by atoms with Gasteiger partial charge in [0.2, 0.25) is 11.8 Å². The van der Waals surface area contributed by atoms with E-state index < -0.39 is 0 Å². The zero-order chi connectivity index (χ0) is 27.6. The number of aromatic nitrogens is 2. The highest BCUT2D eigenvalue weighted by Gasteiger charge is 2.38. The fraction of sp³-hybridized carbons (Fsp3) is 0.233. The number of carbonyl (C=O) groups is 2. The average molecular weight is 594 g/mol. The zero-order valence-electron chi connectivity index (χ0n) is 21.5. The number of rotatable bonds is 5. The van der Waals surface area contributed by atoms with Crippen molar-refractivity contribution in [1.29, 1.82) is 0 Å². The van der Waals surface area contributed by atoms with Gasteiger partial charge in [0.05, 0.1) is 40.6 Å². The summed E-state index contributed by atoms with van der Waals surface area (Å²) in [5, 5.41) is 5.90. The van der Waals surface area contributed by atoms with E-state index in [1.807, 2.05) is 72.8 Å². The van der Waals surface area contributed by atoms with Crippen LogP contribution in [0.15, 0.2) is 78.9 Å². The Hall–Kier alpha value is -3.30. The molecule has 0 saturated carbocycles. The van der Waals surface area contributed by atoms with Gasteiger partial charge in [-0.25, -0.2) is 4.68 Å². The van der Waals surface area contributed by atoms with E-state index in [2.05, 4.69) is 0 Å². The lowest BCUT2D eigenvalue weighted by Gasteiger charge is -2.30. The number of fused-ring (bicyclic) bond motifs is 1. The fourth-order valence-corrected chi connectivity index (χ4v) is 6.70. The Balaban J connectivity index is 1.60. The quantitative estimate of drug-likeness (QED) is 0.290. The smallest absolute Gasteiger partial charge is 0.242 e. The predicted octanol–water partition coefficient (Wildman–Crippen LogP) is 5.87. The van der Waals surface area contributed by atoms with Gasteiger partial charge in [-0.1, -0.05) is 77.8 Å². The third-order valence-electron chi connectivity index (χ3n) is 7.03. The van der Waals surface area contributed by atoms with Crippen LogP contribution in [0.3, 0.4) is 0 Å². The van der Waals surface area contributed by atoms with E-state index in [0.717, 1.165) is 16.7 Å². The summed E-state index contributed by atoms with van der Waals surface area (Å²) in [5.74, 6) is 0.402. The van der Waals surface area contributed by atoms with Crippen LogP contribution < -0.4 is 4.90 Å². The van der Waals surface area contributed by atoms with Gasteiger partial charge in [0.15, 0.2) is 0 Å². The predicted molar refractivity (Wildman–Crippen MR) is 160 cm³/mol. The first kappa shape index (κ1) is 26.9. The van der Waals surface area contributed by atoms with E-state index in [1.165, 1.54) is 11.8 Å². The number of nitrogens with zero attached hydrogens (tertiary/aromatic N) is 4. The van der Waals surface area contributed by atoms with E-state index in [0.29, 0.717) is 53.5 Å². The van der Waals surface area contributed by atoms with Crippen LogP contribution in [0.25, 0.3) is 16.9 Å². The molecule has 6 rings (SSSR count). The number of para-hydroxylation sites is 1. The lowest BCUT2D eigenvalue weighted by Crippen LogP contribution is -2.48. The molecule has 1 aromatic heterocycles. The Bertz CT molecular complexity index is 1560. The molecule has 2 amide bonds. The van der Waals surface area contributed by atoms with Crippen LogP contribution in [0.2, 0.25) is 10.0 Å². The molecule has 204 valence electrons. The molecule has 7 nitrogen and oxygen atoms in total. The maximum Gasteiger partial charge on any atom is 0.242 e. The maximum absolute atomic E-state index is 13.9. The Kier molecular flexibility index (Phi) is 7.85. The molecule has 2 aliphatic heterocycles. The van der Waals surface area contributed by atoms with Crippen LogP contribution in [0.1, 0.15) is 16.4 Å². The molecular formula is C30H26Cl2N4O3S. The van der Waals surface area contributed by atoms with Gasteiger partial charge in [-0.15, -0.1) is 11.8 Å². The molecule has 2 aliphatic rings. The molecule has 1 saturated heterocycles. The number of halogens is 2. The Morgan fingerprint density at radius 1 is 0.975 bits per heavy atom. The molecule has 0 unspecified atom stereocenters. The second kappa shape index (κ2) is 11.7. The minimum atomic E-state index is -0.271. The zero-order valence-corrected chi connectivity index (χ0v) is 23.8. The molecule has 40 heavy (non-hydrogen) atoms. The van der Waals surface area contributed by atoms with Crippen LogP contribution in [-0.2, 0) is 14.3 Å². The number of carbonyl (C=O) groups excluding carboxylic acids is 2. The van der Waals surface area contributed by atoms with Gasteiger partial charge in [0.1, 0.15) is 12.4 Å². The summed E-state index contributed by atoms with van der Waals surface area (Å²) in [7, 11) is 0. The Morgan fingerprint density at radius 2 is 1.73 bits per heavy atom. The number of benzene rings is 3. The number of hydrogen-bond acceptors (Lipinski definition) is 5. The summed E-state index contributed by atoms with van der Waals surface area (Å²) in [6.45, 7) is 1.83. The number of ether oxygens (including phenoxy) is 1. The summed E-state index contributed by atoms with van der Waals surface area (Å²) < 4.78 is 7.15. The number of hydrogen-bond donors (Lipinski definition) is 0. The first-order chi connectivity index (χ1) is 19.5. The van der Waals surface area contributed by atoms with Crippen molar-refractivity contribution in [2.75, 3.05) is 43.5 Å². The van der Waals surface area contributed by atoms with Gasteiger partial charge in [-0.2, -0.15) is 5.10 Å². The molecule has 0 spiro atoms. The molecule has 1 fully saturated rings. The molecule has 0 bridgehead atoms. The molecular weight excluding hydrogens is 567 g/mol. The summed E-state index contributed by atoms with van der Waals surface area (Å²) >= 11 is 14.6. The van der Waals surface area contributed by atoms with Gasteiger partial charge in [-0.05, 0) is 29.8 Å². The van der Waals surface area contributed by atoms with Gasteiger partial charge in [0, 0.05) is 29.2 Å². The minimum absolute atomic E-state index is 0.112. The molecule has 10 heteroatoms. The average Bonchev–Trinajstić information content (AvgIpc) is 3.30. The van der Waals surface area contributed by atoms with Crippen LogP contribution in [-0.4, -0.2) is 65.1 Å². The van der Waals surface area contributed by atoms with Crippen molar-refractivity contribution in [1.82, 2.24) is 14.7 Å². The van der Waals surface area contributed by atoms with Crippen molar-refractivity contribution >= 4 is 52.6 Å². The third-order valence-corrected chi connectivity index (χ3v) is 8.84. The molecule has 0 aliphatic carbocycles. The van der Waals surface area contributed by atoms with Crippen molar-refractivity contribution in [3.8, 4) is 16.9 Å². The standard InChI is InChI=1S/C30H26Cl2N4O3S/c31-22-10-6-9-21(17-22)29-27-28(20-7-2-1-3-8-20)33-36(24-12-5-4-11-23(24)32)30(27)35(26(38)19-40-29)18-25(37)34-13-15-39-16-14-34/h1-12,17,29H,13-16,18-19H2/t29-/m1/s1.